The van der Waals surface area contributed by atoms with Crippen LogP contribution in [-0.2, 0) is 4.79 Å². The minimum atomic E-state index is 0.125. The number of piperazine rings is 1. The standard InChI is InChI=1S/C16H19N3O2S/c1-11-10-22-16(17-11)19-6-4-18(5-7-19)15(20)13-9-12(13)14-3-2-8-21-14/h2-3,8,10,12-13H,4-7,9H2,1H3/t12-,13+/m1/s1. The van der Waals surface area contributed by atoms with Gasteiger partial charge in [-0.3, -0.25) is 4.79 Å². The molecular weight excluding hydrogens is 298 g/mol. The molecule has 2 aromatic heterocycles. The first-order chi connectivity index (χ1) is 10.7. The molecule has 6 heteroatoms. The normalized spacial score (nSPS) is 24.6. The van der Waals surface area contributed by atoms with Crippen LogP contribution in [0.5, 0.6) is 0 Å². The summed E-state index contributed by atoms with van der Waals surface area (Å²) < 4.78 is 5.42. The Hall–Kier alpha value is -1.82. The van der Waals surface area contributed by atoms with Gasteiger partial charge in [0, 0.05) is 43.4 Å². The summed E-state index contributed by atoms with van der Waals surface area (Å²) in [6, 6.07) is 3.87. The van der Waals surface area contributed by atoms with Gasteiger partial charge in [0.2, 0.25) is 5.91 Å². The van der Waals surface area contributed by atoms with Crippen molar-refractivity contribution in [2.45, 2.75) is 19.3 Å². The molecule has 1 aliphatic carbocycles. The molecule has 0 bridgehead atoms. The SMILES string of the molecule is Cc1csc(N2CCN(C(=O)[C@H]3C[C@H]3c3ccco3)CC2)n1. The van der Waals surface area contributed by atoms with E-state index in [9.17, 15) is 4.79 Å². The molecule has 1 amide bonds. The highest BCUT2D eigenvalue weighted by molar-refractivity contribution is 7.13. The number of hydrogen-bond donors (Lipinski definition) is 0. The number of furan rings is 1. The summed E-state index contributed by atoms with van der Waals surface area (Å²) in [6.45, 7) is 5.34. The van der Waals surface area contributed by atoms with Crippen molar-refractivity contribution in [3.63, 3.8) is 0 Å². The van der Waals surface area contributed by atoms with Gasteiger partial charge in [0.05, 0.1) is 12.0 Å². The van der Waals surface area contributed by atoms with E-state index in [1.54, 1.807) is 17.6 Å². The third kappa shape index (κ3) is 2.52. The van der Waals surface area contributed by atoms with Gasteiger partial charge < -0.3 is 14.2 Å². The summed E-state index contributed by atoms with van der Waals surface area (Å²) >= 11 is 1.68. The van der Waals surface area contributed by atoms with Crippen LogP contribution < -0.4 is 4.90 Å². The average Bonchev–Trinajstić information content (AvgIpc) is 2.95. The van der Waals surface area contributed by atoms with Crippen LogP contribution in [0.4, 0.5) is 5.13 Å². The van der Waals surface area contributed by atoms with Crippen LogP contribution in [0.1, 0.15) is 23.8 Å². The number of carbonyl (C=O) groups excluding carboxylic acids is 1. The predicted octanol–water partition coefficient (Wildman–Crippen LogP) is 2.50. The molecule has 2 aliphatic rings. The minimum absolute atomic E-state index is 0.125. The van der Waals surface area contributed by atoms with Crippen molar-refractivity contribution >= 4 is 22.4 Å². The smallest absolute Gasteiger partial charge is 0.226 e. The second-order valence-electron chi connectivity index (χ2n) is 6.05. The molecule has 1 saturated heterocycles. The lowest BCUT2D eigenvalue weighted by molar-refractivity contribution is -0.133. The molecule has 5 nitrogen and oxygen atoms in total. The van der Waals surface area contributed by atoms with Crippen molar-refractivity contribution in [1.29, 1.82) is 0 Å². The molecule has 116 valence electrons. The summed E-state index contributed by atoms with van der Waals surface area (Å²) in [5.74, 6) is 1.66. The van der Waals surface area contributed by atoms with Gasteiger partial charge >= 0.3 is 0 Å². The van der Waals surface area contributed by atoms with E-state index in [2.05, 4.69) is 15.3 Å². The lowest BCUT2D eigenvalue weighted by Crippen LogP contribution is -2.49. The molecule has 22 heavy (non-hydrogen) atoms. The Balaban J connectivity index is 1.33. The molecule has 2 fully saturated rings. The Morgan fingerprint density at radius 3 is 2.82 bits per heavy atom. The summed E-state index contributed by atoms with van der Waals surface area (Å²) in [5, 5.41) is 3.15. The van der Waals surface area contributed by atoms with Crippen molar-refractivity contribution < 1.29 is 9.21 Å². The molecule has 2 aromatic rings. The first kappa shape index (κ1) is 13.8. The van der Waals surface area contributed by atoms with Gasteiger partial charge in [-0.1, -0.05) is 0 Å². The van der Waals surface area contributed by atoms with Crippen LogP contribution in [-0.4, -0.2) is 42.0 Å². The second-order valence-corrected chi connectivity index (χ2v) is 6.88. The van der Waals surface area contributed by atoms with E-state index in [1.807, 2.05) is 24.0 Å². The maximum Gasteiger partial charge on any atom is 0.226 e. The van der Waals surface area contributed by atoms with Gasteiger partial charge in [-0.05, 0) is 25.5 Å². The molecular formula is C16H19N3O2S. The quantitative estimate of drug-likeness (QED) is 0.873. The fourth-order valence-electron chi connectivity index (χ4n) is 3.12. The van der Waals surface area contributed by atoms with Crippen LogP contribution >= 0.6 is 11.3 Å². The van der Waals surface area contributed by atoms with E-state index >= 15 is 0 Å². The minimum Gasteiger partial charge on any atom is -0.469 e. The van der Waals surface area contributed by atoms with Crippen molar-refractivity contribution in [3.05, 3.63) is 35.2 Å². The van der Waals surface area contributed by atoms with E-state index in [-0.39, 0.29) is 11.8 Å². The molecule has 0 spiro atoms. The Kier molecular flexibility index (Phi) is 3.41. The highest BCUT2D eigenvalue weighted by Crippen LogP contribution is 2.48. The van der Waals surface area contributed by atoms with Gasteiger partial charge in [0.1, 0.15) is 5.76 Å². The lowest BCUT2D eigenvalue weighted by Gasteiger charge is -2.34. The summed E-state index contributed by atoms with van der Waals surface area (Å²) in [5.41, 5.74) is 1.07. The molecule has 0 N–H and O–H groups in total. The molecule has 0 radical (unpaired) electrons. The highest BCUT2D eigenvalue weighted by atomic mass is 32.1. The van der Waals surface area contributed by atoms with Crippen molar-refractivity contribution in [2.75, 3.05) is 31.1 Å². The third-order valence-corrected chi connectivity index (χ3v) is 5.50. The Morgan fingerprint density at radius 1 is 1.36 bits per heavy atom. The molecule has 1 saturated carbocycles. The maximum atomic E-state index is 12.6. The number of aromatic nitrogens is 1. The van der Waals surface area contributed by atoms with Gasteiger partial charge in [-0.2, -0.15) is 0 Å². The lowest BCUT2D eigenvalue weighted by atomic mass is 10.2. The zero-order chi connectivity index (χ0) is 15.1. The Bertz CT molecular complexity index is 659. The fourth-order valence-corrected chi connectivity index (χ4v) is 3.98. The van der Waals surface area contributed by atoms with E-state index in [4.69, 9.17) is 4.42 Å². The van der Waals surface area contributed by atoms with E-state index in [1.165, 1.54) is 0 Å². The van der Waals surface area contributed by atoms with Crippen molar-refractivity contribution in [1.82, 2.24) is 9.88 Å². The van der Waals surface area contributed by atoms with Crippen LogP contribution in [0, 0.1) is 12.8 Å². The molecule has 0 unspecified atom stereocenters. The van der Waals surface area contributed by atoms with Crippen LogP contribution in [0.15, 0.2) is 28.2 Å². The fraction of sp³-hybridized carbons (Fsp3) is 0.500. The van der Waals surface area contributed by atoms with Gasteiger partial charge in [0.15, 0.2) is 5.13 Å². The summed E-state index contributed by atoms with van der Waals surface area (Å²) in [6.07, 6.45) is 2.61. The molecule has 1 aliphatic heterocycles. The van der Waals surface area contributed by atoms with Crippen molar-refractivity contribution in [2.24, 2.45) is 5.92 Å². The van der Waals surface area contributed by atoms with Crippen LogP contribution in [0.25, 0.3) is 0 Å². The first-order valence-electron chi connectivity index (χ1n) is 7.71. The topological polar surface area (TPSA) is 49.6 Å². The summed E-state index contributed by atoms with van der Waals surface area (Å²) in [4.78, 5) is 21.4. The zero-order valence-corrected chi connectivity index (χ0v) is 13.4. The number of hydrogen-bond acceptors (Lipinski definition) is 5. The van der Waals surface area contributed by atoms with Gasteiger partial charge in [-0.25, -0.2) is 4.98 Å². The average molecular weight is 317 g/mol. The number of aryl methyl sites for hydroxylation is 1. The highest BCUT2D eigenvalue weighted by Gasteiger charge is 2.47. The largest absolute Gasteiger partial charge is 0.469 e. The van der Waals surface area contributed by atoms with E-state index in [0.717, 1.165) is 49.2 Å². The number of rotatable bonds is 3. The van der Waals surface area contributed by atoms with Crippen LogP contribution in [0.3, 0.4) is 0 Å². The number of anilines is 1. The number of nitrogens with zero attached hydrogens (tertiary/aromatic N) is 3. The maximum absolute atomic E-state index is 12.6. The number of amides is 1. The summed E-state index contributed by atoms with van der Waals surface area (Å²) in [7, 11) is 0. The van der Waals surface area contributed by atoms with Crippen molar-refractivity contribution in [3.8, 4) is 0 Å². The van der Waals surface area contributed by atoms with Gasteiger partial charge in [-0.15, -0.1) is 11.3 Å². The molecule has 3 heterocycles. The monoisotopic (exact) mass is 317 g/mol. The first-order valence-corrected chi connectivity index (χ1v) is 8.59. The molecule has 2 atom stereocenters. The number of thiazole rings is 1. The zero-order valence-electron chi connectivity index (χ0n) is 12.6. The second kappa shape index (κ2) is 5.43. The molecule has 0 aromatic carbocycles. The predicted molar refractivity (Wildman–Crippen MR) is 85.2 cm³/mol. The molecule has 4 rings (SSSR count). The number of carbonyl (C=O) groups is 1. The Morgan fingerprint density at radius 2 is 2.18 bits per heavy atom. The third-order valence-electron chi connectivity index (χ3n) is 4.49. The van der Waals surface area contributed by atoms with E-state index in [0.29, 0.717) is 5.92 Å². The Labute approximate surface area is 133 Å². The van der Waals surface area contributed by atoms with Crippen LogP contribution in [0.2, 0.25) is 0 Å². The van der Waals surface area contributed by atoms with E-state index < -0.39 is 0 Å². The van der Waals surface area contributed by atoms with Gasteiger partial charge in [0.25, 0.3) is 0 Å².